The molecule has 0 saturated carbocycles. The van der Waals surface area contributed by atoms with Crippen LogP contribution in [0.5, 0.6) is 0 Å². The fraction of sp³-hybridized carbons (Fsp3) is 0.391. The molecular weight excluding hydrogens is 433 g/mol. The molecule has 0 radical (unpaired) electrons. The first-order chi connectivity index (χ1) is 15.9. The number of anilines is 1. The largest absolute Gasteiger partial charge is 0.416 e. The summed E-state index contributed by atoms with van der Waals surface area (Å²) in [5.41, 5.74) is 2.05. The second kappa shape index (κ2) is 8.17. The van der Waals surface area contributed by atoms with E-state index in [2.05, 4.69) is 31.6 Å². The van der Waals surface area contributed by atoms with Gasteiger partial charge in [-0.2, -0.15) is 18.3 Å². The van der Waals surface area contributed by atoms with Crippen molar-refractivity contribution in [3.63, 3.8) is 0 Å². The number of hydrogen-bond acceptors (Lipinski definition) is 5. The average molecular weight is 456 g/mol. The Balaban J connectivity index is 1.44. The average Bonchev–Trinajstić information content (AvgIpc) is 3.31. The third-order valence-electron chi connectivity index (χ3n) is 6.64. The van der Waals surface area contributed by atoms with Crippen molar-refractivity contribution in [3.05, 3.63) is 59.7 Å². The lowest BCUT2D eigenvalue weighted by Gasteiger charge is -2.37. The van der Waals surface area contributed by atoms with Crippen LogP contribution in [0.1, 0.15) is 34.7 Å². The Morgan fingerprint density at radius 1 is 1.18 bits per heavy atom. The van der Waals surface area contributed by atoms with Crippen LogP contribution in [-0.4, -0.2) is 57.2 Å². The van der Waals surface area contributed by atoms with Crippen LogP contribution in [0.4, 0.5) is 19.0 Å². The summed E-state index contributed by atoms with van der Waals surface area (Å²) in [5, 5.41) is 7.26. The lowest BCUT2D eigenvalue weighted by atomic mass is 9.79. The van der Waals surface area contributed by atoms with Crippen LogP contribution in [0, 0.1) is 0 Å². The highest BCUT2D eigenvalue weighted by atomic mass is 19.4. The minimum atomic E-state index is -4.44. The van der Waals surface area contributed by atoms with Gasteiger partial charge < -0.3 is 9.80 Å². The second-order valence-electron chi connectivity index (χ2n) is 8.43. The van der Waals surface area contributed by atoms with Gasteiger partial charge in [-0.1, -0.05) is 6.58 Å². The van der Waals surface area contributed by atoms with Crippen LogP contribution >= 0.6 is 0 Å². The Morgan fingerprint density at radius 3 is 2.70 bits per heavy atom. The van der Waals surface area contributed by atoms with Gasteiger partial charge in [0.2, 0.25) is 5.91 Å². The number of amides is 1. The zero-order valence-corrected chi connectivity index (χ0v) is 17.9. The number of carbonyl (C=O) groups is 1. The van der Waals surface area contributed by atoms with Crippen LogP contribution in [0.15, 0.2) is 37.3 Å². The molecule has 2 aliphatic rings. The maximum Gasteiger partial charge on any atom is 0.416 e. The van der Waals surface area contributed by atoms with Crippen molar-refractivity contribution >= 4 is 22.6 Å². The number of fused-ring (bicyclic) bond motifs is 2. The van der Waals surface area contributed by atoms with E-state index < -0.39 is 11.7 Å². The molecule has 7 nitrogen and oxygen atoms in total. The van der Waals surface area contributed by atoms with E-state index in [1.807, 2.05) is 0 Å². The summed E-state index contributed by atoms with van der Waals surface area (Å²) in [6.45, 7) is 5.96. The molecule has 1 saturated heterocycles. The Labute approximate surface area is 188 Å². The van der Waals surface area contributed by atoms with Crippen LogP contribution in [0.2, 0.25) is 0 Å². The van der Waals surface area contributed by atoms with Gasteiger partial charge in [-0.05, 0) is 49.0 Å². The van der Waals surface area contributed by atoms with E-state index in [9.17, 15) is 18.0 Å². The molecule has 2 aromatic heterocycles. The molecule has 1 unspecified atom stereocenters. The van der Waals surface area contributed by atoms with Gasteiger partial charge in [0.1, 0.15) is 12.1 Å². The molecule has 172 valence electrons. The smallest absolute Gasteiger partial charge is 0.353 e. The monoisotopic (exact) mass is 456 g/mol. The standard InChI is InChI=1S/C23H23F3N6O/c1-2-20(33)31-7-9-32(10-8-31)22-15-4-3-14(11-19(15)27-13-28-22)21-16-12-29-30-18(16)6-5-17(21)23(24,25)26/h2,5-6,12-14H,1,3-4,7-11H2,(H,29,30). The summed E-state index contributed by atoms with van der Waals surface area (Å²) in [5.74, 6) is 0.415. The van der Waals surface area contributed by atoms with E-state index in [1.165, 1.54) is 24.7 Å². The van der Waals surface area contributed by atoms with Gasteiger partial charge in [-0.3, -0.25) is 9.89 Å². The van der Waals surface area contributed by atoms with Gasteiger partial charge >= 0.3 is 6.18 Å². The van der Waals surface area contributed by atoms with Crippen LogP contribution < -0.4 is 4.90 Å². The highest BCUT2D eigenvalue weighted by Gasteiger charge is 2.38. The van der Waals surface area contributed by atoms with Gasteiger partial charge in [-0.25, -0.2) is 9.97 Å². The van der Waals surface area contributed by atoms with Crippen molar-refractivity contribution < 1.29 is 18.0 Å². The minimum Gasteiger partial charge on any atom is -0.353 e. The fourth-order valence-electron chi connectivity index (χ4n) is 5.04. The lowest BCUT2D eigenvalue weighted by Crippen LogP contribution is -2.49. The second-order valence-corrected chi connectivity index (χ2v) is 8.43. The van der Waals surface area contributed by atoms with Crippen molar-refractivity contribution in [1.29, 1.82) is 0 Å². The number of rotatable bonds is 3. The van der Waals surface area contributed by atoms with E-state index in [0.717, 1.165) is 23.1 Å². The molecule has 1 aliphatic heterocycles. The topological polar surface area (TPSA) is 78.0 Å². The van der Waals surface area contributed by atoms with E-state index in [4.69, 9.17) is 0 Å². The summed E-state index contributed by atoms with van der Waals surface area (Å²) in [4.78, 5) is 24.7. The van der Waals surface area contributed by atoms with Gasteiger partial charge in [0, 0.05) is 42.8 Å². The number of aromatic nitrogens is 4. The molecule has 1 aromatic carbocycles. The van der Waals surface area contributed by atoms with Gasteiger partial charge in [-0.15, -0.1) is 0 Å². The highest BCUT2D eigenvalue weighted by molar-refractivity contribution is 5.87. The zero-order valence-electron chi connectivity index (χ0n) is 17.9. The van der Waals surface area contributed by atoms with Gasteiger partial charge in [0.25, 0.3) is 0 Å². The maximum absolute atomic E-state index is 13.9. The molecule has 3 heterocycles. The molecule has 1 atom stereocenters. The van der Waals surface area contributed by atoms with Crippen molar-refractivity contribution in [3.8, 4) is 0 Å². The van der Waals surface area contributed by atoms with Crippen molar-refractivity contribution in [2.75, 3.05) is 31.1 Å². The SMILES string of the molecule is C=CC(=O)N1CCN(c2ncnc3c2CCC(c2c(C(F)(F)F)ccc4[nH]ncc24)C3)CC1. The molecule has 5 rings (SSSR count). The van der Waals surface area contributed by atoms with Crippen LogP contribution in [0.3, 0.4) is 0 Å². The van der Waals surface area contributed by atoms with Gasteiger partial charge in [0.05, 0.1) is 17.3 Å². The quantitative estimate of drug-likeness (QED) is 0.611. The molecule has 0 bridgehead atoms. The third kappa shape index (κ3) is 3.83. The fourth-order valence-corrected chi connectivity index (χ4v) is 5.04. The number of nitrogens with one attached hydrogen (secondary N) is 1. The number of alkyl halides is 3. The van der Waals surface area contributed by atoms with Crippen LogP contribution in [-0.2, 0) is 23.8 Å². The number of benzene rings is 1. The molecule has 10 heteroatoms. The Hall–Kier alpha value is -3.43. The first kappa shape index (κ1) is 21.4. The van der Waals surface area contributed by atoms with Crippen LogP contribution in [0.25, 0.3) is 10.9 Å². The molecule has 1 aliphatic carbocycles. The minimum absolute atomic E-state index is 0.0869. The molecule has 3 aromatic rings. The van der Waals surface area contributed by atoms with Crippen molar-refractivity contribution in [1.82, 2.24) is 25.1 Å². The van der Waals surface area contributed by atoms with Crippen molar-refractivity contribution in [2.24, 2.45) is 0 Å². The molecule has 33 heavy (non-hydrogen) atoms. The van der Waals surface area contributed by atoms with E-state index >= 15 is 0 Å². The first-order valence-corrected chi connectivity index (χ1v) is 10.9. The van der Waals surface area contributed by atoms with E-state index in [-0.39, 0.29) is 17.4 Å². The number of H-pyrrole nitrogens is 1. The Morgan fingerprint density at radius 2 is 1.97 bits per heavy atom. The molecule has 1 amide bonds. The third-order valence-corrected chi connectivity index (χ3v) is 6.64. The normalized spacial score (nSPS) is 18.9. The Kier molecular flexibility index (Phi) is 5.30. The summed E-state index contributed by atoms with van der Waals surface area (Å²) in [6.07, 6.45) is 1.40. The number of aromatic amines is 1. The maximum atomic E-state index is 13.9. The van der Waals surface area contributed by atoms with E-state index in [0.29, 0.717) is 56.3 Å². The number of piperazine rings is 1. The van der Waals surface area contributed by atoms with E-state index in [1.54, 1.807) is 4.90 Å². The van der Waals surface area contributed by atoms with Gasteiger partial charge in [0.15, 0.2) is 0 Å². The predicted molar refractivity (Wildman–Crippen MR) is 117 cm³/mol. The summed E-state index contributed by atoms with van der Waals surface area (Å²) in [6, 6.07) is 2.57. The zero-order chi connectivity index (χ0) is 23.2. The predicted octanol–water partition coefficient (Wildman–Crippen LogP) is 3.48. The summed E-state index contributed by atoms with van der Waals surface area (Å²) in [7, 11) is 0. The highest BCUT2D eigenvalue weighted by Crippen LogP contribution is 2.43. The number of nitrogens with zero attached hydrogens (tertiary/aromatic N) is 5. The first-order valence-electron chi connectivity index (χ1n) is 10.9. The summed E-state index contributed by atoms with van der Waals surface area (Å²) < 4.78 is 41.6. The number of carbonyl (C=O) groups excluding carboxylic acids is 1. The number of halogens is 3. The molecule has 1 fully saturated rings. The molecule has 1 N–H and O–H groups in total. The Bertz CT molecular complexity index is 1210. The lowest BCUT2D eigenvalue weighted by molar-refractivity contribution is -0.138. The molecular formula is C23H23F3N6O. The van der Waals surface area contributed by atoms with Crippen molar-refractivity contribution in [2.45, 2.75) is 31.4 Å². The number of hydrogen-bond donors (Lipinski definition) is 1. The summed E-state index contributed by atoms with van der Waals surface area (Å²) >= 11 is 0. The molecule has 0 spiro atoms.